The quantitative estimate of drug-likeness (QED) is 0.589. The Morgan fingerprint density at radius 3 is 2.50 bits per heavy atom. The summed E-state index contributed by atoms with van der Waals surface area (Å²) in [6, 6.07) is 8.49. The molecule has 0 aromatic heterocycles. The van der Waals surface area contributed by atoms with Gasteiger partial charge < -0.3 is 0 Å². The van der Waals surface area contributed by atoms with Crippen molar-refractivity contribution in [3.63, 3.8) is 0 Å². The van der Waals surface area contributed by atoms with Crippen LogP contribution in [0, 0.1) is 0 Å². The molecule has 0 fully saturated rings. The highest BCUT2D eigenvalue weighted by molar-refractivity contribution is 5.59. The highest BCUT2D eigenvalue weighted by atomic mass is 14.2. The molecule has 1 aromatic carbocycles. The van der Waals surface area contributed by atoms with E-state index in [0.717, 1.165) is 6.42 Å². The lowest BCUT2D eigenvalue weighted by Gasteiger charge is -2.12. The van der Waals surface area contributed by atoms with Crippen LogP contribution in [0.2, 0.25) is 0 Å². The van der Waals surface area contributed by atoms with E-state index in [-0.39, 0.29) is 0 Å². The molecule has 0 bridgehead atoms. The number of fused-ring (bicyclic) bond motifs is 1. The number of hydrogen-bond acceptors (Lipinski definition) is 0. The molecule has 92 valence electrons. The molecular weight excluding hydrogens is 216 g/mol. The number of rotatable bonds is 0. The largest absolute Gasteiger partial charge is 0.0802 e. The molecule has 4 rings (SSSR count). The third kappa shape index (κ3) is 2.48. The van der Waals surface area contributed by atoms with Gasteiger partial charge in [0.2, 0.25) is 0 Å². The summed E-state index contributed by atoms with van der Waals surface area (Å²) in [4.78, 5) is 0. The van der Waals surface area contributed by atoms with Gasteiger partial charge in [-0.05, 0) is 55.2 Å². The van der Waals surface area contributed by atoms with E-state index in [1.807, 2.05) is 0 Å². The van der Waals surface area contributed by atoms with E-state index in [9.17, 15) is 0 Å². The van der Waals surface area contributed by atoms with Crippen molar-refractivity contribution in [2.24, 2.45) is 0 Å². The first-order chi connectivity index (χ1) is 8.93. The second-order valence-corrected chi connectivity index (χ2v) is 5.25. The van der Waals surface area contributed by atoms with Crippen LogP contribution in [0.15, 0.2) is 53.6 Å². The maximum absolute atomic E-state index is 2.31. The summed E-state index contributed by atoms with van der Waals surface area (Å²) < 4.78 is 0. The third-order valence-corrected chi connectivity index (χ3v) is 4.00. The van der Waals surface area contributed by atoms with Crippen LogP contribution in [0.1, 0.15) is 43.2 Å². The van der Waals surface area contributed by atoms with Gasteiger partial charge in [0, 0.05) is 0 Å². The summed E-state index contributed by atoms with van der Waals surface area (Å²) in [5.41, 5.74) is 6.22. The van der Waals surface area contributed by atoms with Gasteiger partial charge in [-0.1, -0.05) is 54.1 Å². The second-order valence-electron chi connectivity index (χ2n) is 5.25. The van der Waals surface area contributed by atoms with Crippen molar-refractivity contribution in [2.45, 2.75) is 38.5 Å². The summed E-state index contributed by atoms with van der Waals surface area (Å²) in [5, 5.41) is 0. The summed E-state index contributed by atoms with van der Waals surface area (Å²) in [7, 11) is 0. The van der Waals surface area contributed by atoms with Gasteiger partial charge in [-0.15, -0.1) is 0 Å². The van der Waals surface area contributed by atoms with Crippen molar-refractivity contribution in [1.29, 1.82) is 0 Å². The second kappa shape index (κ2) is 5.39. The fourth-order valence-corrected chi connectivity index (χ4v) is 2.96. The van der Waals surface area contributed by atoms with Crippen molar-refractivity contribution in [3.8, 4) is 0 Å². The van der Waals surface area contributed by atoms with Crippen molar-refractivity contribution < 1.29 is 0 Å². The Morgan fingerprint density at radius 1 is 0.778 bits per heavy atom. The van der Waals surface area contributed by atoms with Crippen LogP contribution < -0.4 is 0 Å². The SMILES string of the molecule is C1=CC2=C(C1)CCCC2.C1=Cc2ccccc2C1. The molecule has 0 heterocycles. The number of benzene rings is 1. The van der Waals surface area contributed by atoms with E-state index < -0.39 is 0 Å². The van der Waals surface area contributed by atoms with E-state index in [4.69, 9.17) is 0 Å². The highest BCUT2D eigenvalue weighted by Gasteiger charge is 2.12. The zero-order valence-corrected chi connectivity index (χ0v) is 10.9. The van der Waals surface area contributed by atoms with E-state index in [1.54, 1.807) is 11.1 Å². The minimum Gasteiger partial charge on any atom is -0.0802 e. The predicted molar refractivity (Wildman–Crippen MR) is 78.4 cm³/mol. The van der Waals surface area contributed by atoms with E-state index in [1.165, 1.54) is 43.2 Å². The van der Waals surface area contributed by atoms with Crippen molar-refractivity contribution >= 4 is 6.08 Å². The van der Waals surface area contributed by atoms with Gasteiger partial charge in [-0.2, -0.15) is 0 Å². The minimum atomic E-state index is 1.12. The molecule has 0 nitrogen and oxygen atoms in total. The van der Waals surface area contributed by atoms with E-state index in [2.05, 4.69) is 48.6 Å². The fraction of sp³-hybridized carbons (Fsp3) is 0.333. The molecule has 1 aromatic rings. The Labute approximate surface area is 110 Å². The average molecular weight is 236 g/mol. The molecule has 18 heavy (non-hydrogen) atoms. The maximum atomic E-state index is 2.31. The smallest absolute Gasteiger partial charge is 0.00882 e. The molecule has 0 amide bonds. The van der Waals surface area contributed by atoms with Gasteiger partial charge in [0.15, 0.2) is 0 Å². The van der Waals surface area contributed by atoms with Crippen LogP contribution in [0.5, 0.6) is 0 Å². The molecule has 0 N–H and O–H groups in total. The van der Waals surface area contributed by atoms with Crippen molar-refractivity contribution in [1.82, 2.24) is 0 Å². The van der Waals surface area contributed by atoms with Gasteiger partial charge in [0.05, 0.1) is 0 Å². The Kier molecular flexibility index (Phi) is 3.45. The first kappa shape index (κ1) is 11.5. The lowest BCUT2D eigenvalue weighted by Crippen LogP contribution is -1.92. The first-order valence-electron chi connectivity index (χ1n) is 7.05. The third-order valence-electron chi connectivity index (χ3n) is 4.00. The van der Waals surface area contributed by atoms with E-state index >= 15 is 0 Å². The molecule has 0 atom stereocenters. The molecule has 3 aliphatic rings. The van der Waals surface area contributed by atoms with Crippen LogP contribution in [0.3, 0.4) is 0 Å². The topological polar surface area (TPSA) is 0 Å². The van der Waals surface area contributed by atoms with Gasteiger partial charge >= 0.3 is 0 Å². The molecule has 0 saturated carbocycles. The summed E-state index contributed by atoms with van der Waals surface area (Å²) in [6.07, 6.45) is 17.0. The van der Waals surface area contributed by atoms with Crippen molar-refractivity contribution in [2.75, 3.05) is 0 Å². The van der Waals surface area contributed by atoms with Crippen LogP contribution >= 0.6 is 0 Å². The average Bonchev–Trinajstić information content (AvgIpc) is 3.08. The first-order valence-corrected chi connectivity index (χ1v) is 7.05. The molecule has 0 unspecified atom stereocenters. The standard InChI is InChI=1S/C9H12.C9H8/c2*1-2-5-9-7-3-6-8(9)4-1/h3,6H,1-2,4-5,7H2;1-6H,7H2. The van der Waals surface area contributed by atoms with Crippen LogP contribution in [-0.4, -0.2) is 0 Å². The Hall–Kier alpha value is -1.56. The zero-order chi connectivity index (χ0) is 12.2. The Morgan fingerprint density at radius 2 is 1.61 bits per heavy atom. The minimum absolute atomic E-state index is 1.12. The zero-order valence-electron chi connectivity index (χ0n) is 10.9. The molecule has 0 heteroatoms. The molecule has 0 spiro atoms. The Balaban J connectivity index is 0.000000111. The number of allylic oxidation sites excluding steroid dienone is 5. The Bertz CT molecular complexity index is 515. The van der Waals surface area contributed by atoms with Gasteiger partial charge in [-0.25, -0.2) is 0 Å². The lowest BCUT2D eigenvalue weighted by molar-refractivity contribution is 0.681. The van der Waals surface area contributed by atoms with Crippen molar-refractivity contribution in [3.05, 3.63) is 64.8 Å². The van der Waals surface area contributed by atoms with Gasteiger partial charge in [-0.3, -0.25) is 0 Å². The van der Waals surface area contributed by atoms with Gasteiger partial charge in [0.1, 0.15) is 0 Å². The lowest BCUT2D eigenvalue weighted by atomic mass is 9.94. The fourth-order valence-electron chi connectivity index (χ4n) is 2.96. The highest BCUT2D eigenvalue weighted by Crippen LogP contribution is 2.31. The normalized spacial score (nSPS) is 19.3. The summed E-state index contributed by atoms with van der Waals surface area (Å²) >= 11 is 0. The van der Waals surface area contributed by atoms with Crippen LogP contribution in [-0.2, 0) is 6.42 Å². The number of hydrogen-bond donors (Lipinski definition) is 0. The molecule has 0 aliphatic heterocycles. The van der Waals surface area contributed by atoms with E-state index in [0.29, 0.717) is 0 Å². The molecule has 3 aliphatic carbocycles. The monoisotopic (exact) mass is 236 g/mol. The summed E-state index contributed by atoms with van der Waals surface area (Å²) in [6.45, 7) is 0. The molecule has 0 radical (unpaired) electrons. The van der Waals surface area contributed by atoms with Crippen LogP contribution in [0.25, 0.3) is 6.08 Å². The van der Waals surface area contributed by atoms with Crippen LogP contribution in [0.4, 0.5) is 0 Å². The van der Waals surface area contributed by atoms with Gasteiger partial charge in [0.25, 0.3) is 0 Å². The summed E-state index contributed by atoms with van der Waals surface area (Å²) in [5.74, 6) is 0. The molecule has 0 saturated heterocycles. The maximum Gasteiger partial charge on any atom is -0.00882 e. The molecular formula is C18H20. The predicted octanol–water partition coefficient (Wildman–Crippen LogP) is 5.07.